The van der Waals surface area contributed by atoms with Crippen LogP contribution in [0.1, 0.15) is 43.7 Å². The Morgan fingerprint density at radius 2 is 1.92 bits per heavy atom. The number of anilines is 2. The maximum Gasteiger partial charge on any atom is 0.389 e. The summed E-state index contributed by atoms with van der Waals surface area (Å²) in [6.07, 6.45) is -3.77. The van der Waals surface area contributed by atoms with Gasteiger partial charge in [0.2, 0.25) is 5.91 Å². The lowest BCUT2D eigenvalue weighted by Gasteiger charge is -2.22. The SMILES string of the molecule is Cc1ccc(C(C)C)c(N2C(=O)CS/C2=N\C(=O)Nc2ccc(-c3ncn(CCCC(F)(F)F)n3)cc2)c1. The number of carbonyl (C=O) groups is 2. The van der Waals surface area contributed by atoms with Crippen LogP contribution in [0.3, 0.4) is 0 Å². The molecule has 0 saturated carbocycles. The Labute approximate surface area is 222 Å². The second kappa shape index (κ2) is 11.4. The van der Waals surface area contributed by atoms with Gasteiger partial charge in [0.05, 0.1) is 11.4 Å². The molecular weight excluding hydrogens is 517 g/mol. The minimum Gasteiger partial charge on any atom is -0.306 e. The van der Waals surface area contributed by atoms with Gasteiger partial charge in [-0.25, -0.2) is 9.78 Å². The van der Waals surface area contributed by atoms with Crippen molar-refractivity contribution in [1.82, 2.24) is 14.8 Å². The van der Waals surface area contributed by atoms with E-state index in [1.807, 2.05) is 39.0 Å². The van der Waals surface area contributed by atoms with Crippen LogP contribution in [-0.4, -0.2) is 43.8 Å². The number of nitrogens with zero attached hydrogens (tertiary/aromatic N) is 5. The van der Waals surface area contributed by atoms with Crippen LogP contribution in [0, 0.1) is 6.92 Å². The number of alkyl halides is 3. The van der Waals surface area contributed by atoms with Gasteiger partial charge in [-0.2, -0.15) is 23.3 Å². The Morgan fingerprint density at radius 3 is 2.61 bits per heavy atom. The number of aliphatic imine (C=N–C) groups is 1. The number of rotatable bonds is 7. The standard InChI is InChI=1S/C26H27F3N6O2S/c1-16(2)20-10-5-17(3)13-21(20)35-22(36)14-38-25(35)32-24(37)31-19-8-6-18(7-9-19)23-30-15-34(33-23)12-4-11-26(27,28)29/h5-10,13,15-16H,4,11-12,14H2,1-3H3,(H,31,37)/b32-25-. The van der Waals surface area contributed by atoms with Crippen LogP contribution in [0.2, 0.25) is 0 Å². The number of amidine groups is 1. The number of benzene rings is 2. The van der Waals surface area contributed by atoms with Gasteiger partial charge in [0.15, 0.2) is 11.0 Å². The molecule has 1 aliphatic rings. The molecule has 1 aromatic heterocycles. The van der Waals surface area contributed by atoms with Gasteiger partial charge < -0.3 is 5.32 Å². The van der Waals surface area contributed by atoms with Gasteiger partial charge in [-0.1, -0.05) is 37.7 Å². The first-order valence-corrected chi connectivity index (χ1v) is 13.0. The molecule has 2 heterocycles. The molecule has 1 N–H and O–H groups in total. The smallest absolute Gasteiger partial charge is 0.306 e. The molecule has 0 bridgehead atoms. The summed E-state index contributed by atoms with van der Waals surface area (Å²) in [4.78, 5) is 35.2. The molecule has 3 aromatic rings. The van der Waals surface area contributed by atoms with Gasteiger partial charge in [0.1, 0.15) is 6.33 Å². The molecule has 8 nitrogen and oxygen atoms in total. The van der Waals surface area contributed by atoms with E-state index in [2.05, 4.69) is 20.4 Å². The summed E-state index contributed by atoms with van der Waals surface area (Å²) >= 11 is 1.21. The average Bonchev–Trinajstić information content (AvgIpc) is 3.45. The summed E-state index contributed by atoms with van der Waals surface area (Å²) in [6, 6.07) is 12.0. The Kier molecular flexibility index (Phi) is 8.20. The number of hydrogen-bond donors (Lipinski definition) is 1. The summed E-state index contributed by atoms with van der Waals surface area (Å²) in [7, 11) is 0. The van der Waals surface area contributed by atoms with E-state index in [1.165, 1.54) is 27.7 Å². The zero-order valence-electron chi connectivity index (χ0n) is 21.1. The van der Waals surface area contributed by atoms with Crippen molar-refractivity contribution in [3.8, 4) is 11.4 Å². The van der Waals surface area contributed by atoms with E-state index in [9.17, 15) is 22.8 Å². The van der Waals surface area contributed by atoms with Crippen LogP contribution in [0.15, 0.2) is 53.8 Å². The molecule has 12 heteroatoms. The monoisotopic (exact) mass is 544 g/mol. The van der Waals surface area contributed by atoms with Crippen LogP contribution in [0.4, 0.5) is 29.3 Å². The van der Waals surface area contributed by atoms with Crippen molar-refractivity contribution in [3.05, 3.63) is 59.9 Å². The summed E-state index contributed by atoms with van der Waals surface area (Å²) in [6.45, 7) is 6.15. The maximum atomic E-state index is 12.7. The highest BCUT2D eigenvalue weighted by molar-refractivity contribution is 8.15. The molecule has 38 heavy (non-hydrogen) atoms. The number of aromatic nitrogens is 3. The second-order valence-corrected chi connectivity index (χ2v) is 10.1. The molecule has 200 valence electrons. The van der Waals surface area contributed by atoms with E-state index in [-0.39, 0.29) is 30.5 Å². The van der Waals surface area contributed by atoms with Crippen LogP contribution in [-0.2, 0) is 11.3 Å². The zero-order chi connectivity index (χ0) is 27.4. The highest BCUT2D eigenvalue weighted by atomic mass is 32.2. The lowest BCUT2D eigenvalue weighted by molar-refractivity contribution is -0.136. The third kappa shape index (κ3) is 6.80. The topological polar surface area (TPSA) is 92.5 Å². The number of aryl methyl sites for hydroxylation is 2. The number of nitrogens with one attached hydrogen (secondary N) is 1. The number of carbonyl (C=O) groups excluding carboxylic acids is 2. The molecule has 1 saturated heterocycles. The molecule has 0 radical (unpaired) electrons. The Morgan fingerprint density at radius 1 is 1.18 bits per heavy atom. The fourth-order valence-corrected chi connectivity index (χ4v) is 4.79. The quantitative estimate of drug-likeness (QED) is 0.372. The van der Waals surface area contributed by atoms with E-state index in [1.54, 1.807) is 24.3 Å². The Hall–Kier alpha value is -3.67. The normalized spacial score (nSPS) is 15.1. The van der Waals surface area contributed by atoms with Crippen LogP contribution >= 0.6 is 11.8 Å². The first-order chi connectivity index (χ1) is 18.0. The van der Waals surface area contributed by atoms with Gasteiger partial charge in [-0.3, -0.25) is 14.4 Å². The van der Waals surface area contributed by atoms with E-state index in [0.29, 0.717) is 22.2 Å². The van der Waals surface area contributed by atoms with Crippen molar-refractivity contribution < 1.29 is 22.8 Å². The van der Waals surface area contributed by atoms with E-state index < -0.39 is 18.6 Å². The lowest BCUT2D eigenvalue weighted by Crippen LogP contribution is -2.31. The van der Waals surface area contributed by atoms with Gasteiger partial charge in [-0.15, -0.1) is 0 Å². The molecule has 3 amide bonds. The molecule has 1 fully saturated rings. The number of thioether (sulfide) groups is 1. The number of amides is 3. The third-order valence-electron chi connectivity index (χ3n) is 5.79. The first-order valence-electron chi connectivity index (χ1n) is 12.0. The largest absolute Gasteiger partial charge is 0.389 e. The van der Waals surface area contributed by atoms with Gasteiger partial charge in [-0.05, 0) is 60.7 Å². The molecule has 0 unspecified atom stereocenters. The summed E-state index contributed by atoms with van der Waals surface area (Å²) < 4.78 is 38.4. The summed E-state index contributed by atoms with van der Waals surface area (Å²) in [5.74, 6) is 0.607. The van der Waals surface area contributed by atoms with Crippen LogP contribution < -0.4 is 10.2 Å². The fourth-order valence-electron chi connectivity index (χ4n) is 3.93. The van der Waals surface area contributed by atoms with Crippen molar-refractivity contribution in [2.75, 3.05) is 16.0 Å². The number of hydrogen-bond acceptors (Lipinski definition) is 5. The van der Waals surface area contributed by atoms with E-state index in [0.717, 1.165) is 16.8 Å². The fraction of sp³-hybridized carbons (Fsp3) is 0.346. The van der Waals surface area contributed by atoms with Gasteiger partial charge in [0, 0.05) is 24.2 Å². The predicted molar refractivity (Wildman–Crippen MR) is 142 cm³/mol. The van der Waals surface area contributed by atoms with Crippen molar-refractivity contribution >= 4 is 40.2 Å². The molecule has 0 spiro atoms. The predicted octanol–water partition coefficient (Wildman–Crippen LogP) is 6.39. The van der Waals surface area contributed by atoms with Crippen molar-refractivity contribution in [2.24, 2.45) is 4.99 Å². The minimum atomic E-state index is -4.20. The summed E-state index contributed by atoms with van der Waals surface area (Å²) in [5, 5.41) is 7.23. The van der Waals surface area contributed by atoms with Crippen molar-refractivity contribution in [1.29, 1.82) is 0 Å². The highest BCUT2D eigenvalue weighted by Crippen LogP contribution is 2.34. The average molecular weight is 545 g/mol. The highest BCUT2D eigenvalue weighted by Gasteiger charge is 2.32. The van der Waals surface area contributed by atoms with Gasteiger partial charge >= 0.3 is 12.2 Å². The summed E-state index contributed by atoms with van der Waals surface area (Å²) in [5.41, 5.74) is 3.85. The molecule has 1 aliphatic heterocycles. The zero-order valence-corrected chi connectivity index (χ0v) is 21.9. The molecule has 0 atom stereocenters. The number of urea groups is 1. The molecule has 4 rings (SSSR count). The lowest BCUT2D eigenvalue weighted by atomic mass is 9.99. The maximum absolute atomic E-state index is 12.7. The Bertz CT molecular complexity index is 1350. The Balaban J connectivity index is 1.43. The van der Waals surface area contributed by atoms with Crippen LogP contribution in [0.5, 0.6) is 0 Å². The molecule has 0 aliphatic carbocycles. The third-order valence-corrected chi connectivity index (χ3v) is 6.71. The molecule has 2 aromatic carbocycles. The van der Waals surface area contributed by atoms with E-state index in [4.69, 9.17) is 0 Å². The first kappa shape index (κ1) is 27.4. The molecular formula is C26H27F3N6O2S. The van der Waals surface area contributed by atoms with Gasteiger partial charge in [0.25, 0.3) is 0 Å². The minimum absolute atomic E-state index is 0.0796. The number of halogens is 3. The van der Waals surface area contributed by atoms with Crippen molar-refractivity contribution in [3.63, 3.8) is 0 Å². The van der Waals surface area contributed by atoms with E-state index >= 15 is 0 Å². The second-order valence-electron chi connectivity index (χ2n) is 9.19. The van der Waals surface area contributed by atoms with Crippen LogP contribution in [0.25, 0.3) is 11.4 Å². The van der Waals surface area contributed by atoms with Crippen molar-refractivity contribution in [2.45, 2.75) is 52.3 Å².